The summed E-state index contributed by atoms with van der Waals surface area (Å²) in [5.41, 5.74) is 3.80. The molecule has 164 valence electrons. The minimum atomic E-state index is 0.0368. The van der Waals surface area contributed by atoms with Crippen LogP contribution < -0.4 is 4.74 Å². The average Bonchev–Trinajstić information content (AvgIpc) is 2.78. The number of amides is 1. The van der Waals surface area contributed by atoms with Crippen LogP contribution in [0.3, 0.4) is 0 Å². The zero-order valence-corrected chi connectivity index (χ0v) is 18.9. The summed E-state index contributed by atoms with van der Waals surface area (Å²) in [7, 11) is 1.70. The third kappa shape index (κ3) is 4.77. The molecule has 1 aliphatic carbocycles. The van der Waals surface area contributed by atoms with Gasteiger partial charge in [0.2, 0.25) is 5.91 Å². The molecule has 0 N–H and O–H groups in total. The highest BCUT2D eigenvalue weighted by molar-refractivity contribution is 5.80. The van der Waals surface area contributed by atoms with Crippen molar-refractivity contribution in [3.63, 3.8) is 0 Å². The first-order chi connectivity index (χ1) is 14.8. The van der Waals surface area contributed by atoms with E-state index in [-0.39, 0.29) is 11.3 Å². The second-order valence-corrected chi connectivity index (χ2v) is 9.51. The van der Waals surface area contributed by atoms with Crippen LogP contribution in [0.1, 0.15) is 38.3 Å². The number of carbonyl (C=O) groups is 1. The van der Waals surface area contributed by atoms with Crippen LogP contribution in [-0.2, 0) is 22.5 Å². The lowest BCUT2D eigenvalue weighted by atomic mass is 9.75. The molecule has 1 amide bonds. The first-order valence-electron chi connectivity index (χ1n) is 11.0. The van der Waals surface area contributed by atoms with Gasteiger partial charge in [0.25, 0.3) is 0 Å². The maximum absolute atomic E-state index is 13.1. The van der Waals surface area contributed by atoms with Crippen molar-refractivity contribution in [2.75, 3.05) is 20.2 Å². The molecule has 4 rings (SSSR count). The summed E-state index contributed by atoms with van der Waals surface area (Å²) >= 11 is 0. The molecular formula is C26H32N2O3. The summed E-state index contributed by atoms with van der Waals surface area (Å²) in [4.78, 5) is 16.9. The minimum Gasteiger partial charge on any atom is -0.496 e. The Hall–Kier alpha value is -2.79. The van der Waals surface area contributed by atoms with Gasteiger partial charge in [0.05, 0.1) is 19.9 Å². The second kappa shape index (κ2) is 8.75. The summed E-state index contributed by atoms with van der Waals surface area (Å²) in [5.74, 6) is 2.12. The topological polar surface area (TPSA) is 42.0 Å². The number of nitrogens with zero attached hydrogens (tertiary/aromatic N) is 2. The Morgan fingerprint density at radius 1 is 1.29 bits per heavy atom. The Morgan fingerprint density at radius 3 is 2.90 bits per heavy atom. The molecule has 5 heteroatoms. The smallest absolute Gasteiger partial charge is 0.244 e. The summed E-state index contributed by atoms with van der Waals surface area (Å²) in [6.07, 6.45) is 13.4. The lowest BCUT2D eigenvalue weighted by Crippen LogP contribution is -2.39. The van der Waals surface area contributed by atoms with Gasteiger partial charge in [0.1, 0.15) is 17.8 Å². The van der Waals surface area contributed by atoms with E-state index in [4.69, 9.17) is 9.47 Å². The van der Waals surface area contributed by atoms with Gasteiger partial charge in [-0.3, -0.25) is 14.6 Å². The molecule has 0 saturated heterocycles. The molecule has 0 radical (unpaired) electrons. The monoisotopic (exact) mass is 420 g/mol. The van der Waals surface area contributed by atoms with Crippen molar-refractivity contribution in [3.05, 3.63) is 77.5 Å². The molecule has 1 atom stereocenters. The van der Waals surface area contributed by atoms with Crippen molar-refractivity contribution in [2.24, 2.45) is 11.3 Å². The molecule has 0 spiro atoms. The van der Waals surface area contributed by atoms with Crippen LogP contribution in [0.5, 0.6) is 5.75 Å². The highest BCUT2D eigenvalue weighted by Crippen LogP contribution is 2.37. The number of fused-ring (bicyclic) bond motifs is 1. The second-order valence-electron chi connectivity index (χ2n) is 9.51. The lowest BCUT2D eigenvalue weighted by molar-refractivity contribution is -0.128. The lowest BCUT2D eigenvalue weighted by Gasteiger charge is -2.32. The Morgan fingerprint density at radius 2 is 2.13 bits per heavy atom. The molecule has 0 aromatic heterocycles. The average molecular weight is 421 g/mol. The Labute approximate surface area is 185 Å². The van der Waals surface area contributed by atoms with E-state index in [1.165, 1.54) is 11.1 Å². The van der Waals surface area contributed by atoms with Crippen molar-refractivity contribution >= 4 is 5.91 Å². The van der Waals surface area contributed by atoms with Gasteiger partial charge in [-0.05, 0) is 41.4 Å². The van der Waals surface area contributed by atoms with Crippen LogP contribution in [0.15, 0.2) is 66.4 Å². The van der Waals surface area contributed by atoms with Crippen molar-refractivity contribution in [2.45, 2.75) is 40.2 Å². The predicted octanol–water partition coefficient (Wildman–Crippen LogP) is 4.77. The van der Waals surface area contributed by atoms with E-state index in [0.717, 1.165) is 43.0 Å². The maximum Gasteiger partial charge on any atom is 0.244 e. The number of ether oxygens (including phenoxy) is 2. The zero-order valence-electron chi connectivity index (χ0n) is 18.9. The molecule has 5 nitrogen and oxygen atoms in total. The van der Waals surface area contributed by atoms with Crippen LogP contribution in [0.2, 0.25) is 0 Å². The minimum absolute atomic E-state index is 0.0368. The van der Waals surface area contributed by atoms with Gasteiger partial charge >= 0.3 is 0 Å². The van der Waals surface area contributed by atoms with E-state index in [9.17, 15) is 4.79 Å². The third-order valence-corrected chi connectivity index (χ3v) is 6.36. The van der Waals surface area contributed by atoms with E-state index in [1.54, 1.807) is 24.5 Å². The highest BCUT2D eigenvalue weighted by atomic mass is 16.5. The maximum atomic E-state index is 13.1. The summed E-state index contributed by atoms with van der Waals surface area (Å²) in [6.45, 7) is 8.70. The molecule has 31 heavy (non-hydrogen) atoms. The number of methoxy groups -OCH3 is 1. The third-order valence-electron chi connectivity index (χ3n) is 6.36. The number of rotatable bonds is 4. The summed E-state index contributed by atoms with van der Waals surface area (Å²) in [6, 6.07) is 6.16. The number of carbonyl (C=O) groups excluding carboxylic acids is 1. The van der Waals surface area contributed by atoms with E-state index in [2.05, 4.69) is 50.0 Å². The largest absolute Gasteiger partial charge is 0.496 e. The molecular weight excluding hydrogens is 388 g/mol. The summed E-state index contributed by atoms with van der Waals surface area (Å²) in [5, 5.41) is 0. The van der Waals surface area contributed by atoms with Crippen molar-refractivity contribution in [1.29, 1.82) is 0 Å². The van der Waals surface area contributed by atoms with Gasteiger partial charge in [-0.25, -0.2) is 0 Å². The van der Waals surface area contributed by atoms with Gasteiger partial charge in [-0.15, -0.1) is 0 Å². The number of hydrogen-bond donors (Lipinski definition) is 0. The standard InChI is InChI=1S/C26H32N2O3/c1-26(2,3)21-9-5-8-20(15-21)24-17-28(13-14-31-24)25(29)18-27-12-11-19-7-6-10-23(30-4)22(19)16-27/h5-10,13-14,17,21H,11-12,15-16,18H2,1-4H3. The fourth-order valence-corrected chi connectivity index (χ4v) is 4.34. The van der Waals surface area contributed by atoms with Crippen LogP contribution in [-0.4, -0.2) is 35.9 Å². The van der Waals surface area contributed by atoms with Crippen LogP contribution >= 0.6 is 0 Å². The summed E-state index contributed by atoms with van der Waals surface area (Å²) < 4.78 is 11.3. The van der Waals surface area contributed by atoms with Crippen molar-refractivity contribution in [1.82, 2.24) is 9.80 Å². The number of hydrogen-bond acceptors (Lipinski definition) is 4. The first kappa shape index (κ1) is 21.4. The van der Waals surface area contributed by atoms with E-state index in [1.807, 2.05) is 18.3 Å². The van der Waals surface area contributed by atoms with Gasteiger partial charge in [-0.1, -0.05) is 51.1 Å². The Kier molecular flexibility index (Phi) is 6.05. The molecule has 1 aromatic rings. The molecule has 2 heterocycles. The van der Waals surface area contributed by atoms with Gasteiger partial charge < -0.3 is 9.47 Å². The van der Waals surface area contributed by atoms with E-state index >= 15 is 0 Å². The molecule has 1 unspecified atom stereocenters. The SMILES string of the molecule is COc1cccc2c1CN(CC(=O)N1C=COC(C3=CC=CC(C(C)(C)C)C3)=C1)CC2. The van der Waals surface area contributed by atoms with Crippen LogP contribution in [0.4, 0.5) is 0 Å². The Balaban J connectivity index is 1.43. The van der Waals surface area contributed by atoms with Crippen molar-refractivity contribution in [3.8, 4) is 5.75 Å². The Bertz CT molecular complexity index is 951. The normalized spacial score (nSPS) is 21.2. The fraction of sp³-hybridized carbons (Fsp3) is 0.423. The number of allylic oxidation sites excluding steroid dienone is 4. The number of benzene rings is 1. The van der Waals surface area contributed by atoms with E-state index in [0.29, 0.717) is 12.5 Å². The molecule has 2 aliphatic heterocycles. The molecule has 1 aromatic carbocycles. The van der Waals surface area contributed by atoms with Gasteiger partial charge in [0.15, 0.2) is 0 Å². The first-order valence-corrected chi connectivity index (χ1v) is 11.0. The fourth-order valence-electron chi connectivity index (χ4n) is 4.34. The zero-order chi connectivity index (χ0) is 22.0. The van der Waals surface area contributed by atoms with Crippen LogP contribution in [0.25, 0.3) is 0 Å². The molecule has 3 aliphatic rings. The van der Waals surface area contributed by atoms with Crippen molar-refractivity contribution < 1.29 is 14.3 Å². The quantitative estimate of drug-likeness (QED) is 0.703. The molecule has 0 saturated carbocycles. The molecule has 0 bridgehead atoms. The van der Waals surface area contributed by atoms with Gasteiger partial charge in [0, 0.05) is 24.9 Å². The van der Waals surface area contributed by atoms with Gasteiger partial charge in [-0.2, -0.15) is 0 Å². The van der Waals surface area contributed by atoms with Crippen LogP contribution in [0, 0.1) is 11.3 Å². The highest BCUT2D eigenvalue weighted by Gasteiger charge is 2.28. The predicted molar refractivity (Wildman–Crippen MR) is 122 cm³/mol. The van der Waals surface area contributed by atoms with E-state index < -0.39 is 0 Å². The molecule has 0 fully saturated rings.